The summed E-state index contributed by atoms with van der Waals surface area (Å²) in [6.45, 7) is 0.590. The Kier molecular flexibility index (Phi) is 4.48. The van der Waals surface area contributed by atoms with Crippen molar-refractivity contribution < 1.29 is 10.0 Å². The number of anilines is 1. The first-order valence-corrected chi connectivity index (χ1v) is 6.56. The van der Waals surface area contributed by atoms with Crippen molar-refractivity contribution in [2.75, 3.05) is 11.9 Å². The second-order valence-electron chi connectivity index (χ2n) is 5.02. The summed E-state index contributed by atoms with van der Waals surface area (Å²) < 4.78 is 0. The molecule has 0 spiro atoms. The van der Waals surface area contributed by atoms with Crippen molar-refractivity contribution in [1.82, 2.24) is 4.98 Å². The topological polar surface area (TPSA) is 112 Å². The van der Waals surface area contributed by atoms with Gasteiger partial charge in [-0.1, -0.05) is 0 Å². The van der Waals surface area contributed by atoms with Crippen LogP contribution in [-0.4, -0.2) is 27.7 Å². The van der Waals surface area contributed by atoms with E-state index in [9.17, 15) is 15.2 Å². The van der Waals surface area contributed by atoms with E-state index in [1.807, 2.05) is 6.07 Å². The predicted octanol–water partition coefficient (Wildman–Crippen LogP) is 1.82. The lowest BCUT2D eigenvalue weighted by atomic mass is 9.87. The number of aromatic nitrogens is 1. The fourth-order valence-electron chi connectivity index (χ4n) is 2.38. The van der Waals surface area contributed by atoms with Gasteiger partial charge in [-0.15, -0.1) is 0 Å². The molecule has 1 heterocycles. The smallest absolute Gasteiger partial charge is 0.312 e. The van der Waals surface area contributed by atoms with E-state index in [-0.39, 0.29) is 23.2 Å². The Labute approximate surface area is 116 Å². The molecule has 1 aliphatic carbocycles. The van der Waals surface area contributed by atoms with Crippen LogP contribution in [0.3, 0.4) is 0 Å². The number of nitro groups is 1. The van der Waals surface area contributed by atoms with Gasteiger partial charge < -0.3 is 10.4 Å². The van der Waals surface area contributed by atoms with Gasteiger partial charge in [-0.25, -0.2) is 4.98 Å². The van der Waals surface area contributed by atoms with Crippen LogP contribution >= 0.6 is 0 Å². The van der Waals surface area contributed by atoms with Gasteiger partial charge in [-0.3, -0.25) is 10.1 Å². The van der Waals surface area contributed by atoms with E-state index < -0.39 is 4.92 Å². The number of pyridine rings is 1. The third kappa shape index (κ3) is 3.42. The molecule has 0 aromatic carbocycles. The number of nitrogens with zero attached hydrogens (tertiary/aromatic N) is 3. The largest absolute Gasteiger partial charge is 0.393 e. The molecule has 0 amide bonds. The summed E-state index contributed by atoms with van der Waals surface area (Å²) in [6, 6.07) is 3.06. The molecule has 1 aromatic rings. The Morgan fingerprint density at radius 2 is 2.20 bits per heavy atom. The van der Waals surface area contributed by atoms with Gasteiger partial charge in [0.2, 0.25) is 5.82 Å². The molecule has 0 bridgehead atoms. The number of hydrogen-bond acceptors (Lipinski definition) is 6. The van der Waals surface area contributed by atoms with Gasteiger partial charge in [-0.05, 0) is 31.6 Å². The summed E-state index contributed by atoms with van der Waals surface area (Å²) in [5.74, 6) is 0.579. The minimum absolute atomic E-state index is 0.169. The average Bonchev–Trinajstić information content (AvgIpc) is 2.46. The van der Waals surface area contributed by atoms with E-state index in [1.54, 1.807) is 0 Å². The number of aliphatic hydroxyl groups is 1. The summed E-state index contributed by atoms with van der Waals surface area (Å²) in [5.41, 5.74) is -0.0112. The molecule has 1 saturated carbocycles. The zero-order valence-electron chi connectivity index (χ0n) is 11.0. The zero-order chi connectivity index (χ0) is 14.5. The number of aliphatic hydroxyl groups excluding tert-OH is 1. The lowest BCUT2D eigenvalue weighted by Gasteiger charge is -2.25. The maximum atomic E-state index is 11.0. The first kappa shape index (κ1) is 14.2. The lowest BCUT2D eigenvalue weighted by molar-refractivity contribution is -0.384. The van der Waals surface area contributed by atoms with Crippen molar-refractivity contribution >= 4 is 11.5 Å². The second-order valence-corrected chi connectivity index (χ2v) is 5.02. The summed E-state index contributed by atoms with van der Waals surface area (Å²) in [5, 5.41) is 32.1. The van der Waals surface area contributed by atoms with E-state index in [4.69, 9.17) is 5.26 Å². The zero-order valence-corrected chi connectivity index (χ0v) is 11.0. The van der Waals surface area contributed by atoms with Crippen LogP contribution < -0.4 is 5.32 Å². The van der Waals surface area contributed by atoms with Crippen LogP contribution in [-0.2, 0) is 0 Å². The quantitative estimate of drug-likeness (QED) is 0.640. The highest BCUT2D eigenvalue weighted by Crippen LogP contribution is 2.27. The average molecular weight is 276 g/mol. The van der Waals surface area contributed by atoms with Gasteiger partial charge in [0, 0.05) is 18.8 Å². The van der Waals surface area contributed by atoms with Crippen LogP contribution in [0.2, 0.25) is 0 Å². The van der Waals surface area contributed by atoms with Gasteiger partial charge >= 0.3 is 5.69 Å². The molecule has 1 aromatic heterocycles. The number of nitrogens with one attached hydrogen (secondary N) is 1. The molecule has 1 fully saturated rings. The minimum Gasteiger partial charge on any atom is -0.393 e. The summed E-state index contributed by atoms with van der Waals surface area (Å²) in [4.78, 5) is 14.4. The Bertz CT molecular complexity index is 533. The normalized spacial score (nSPS) is 22.0. The Morgan fingerprint density at radius 3 is 2.80 bits per heavy atom. The van der Waals surface area contributed by atoms with Crippen LogP contribution in [0.25, 0.3) is 0 Å². The standard InChI is InChI=1S/C13H16N4O3/c14-6-10-5-12(17(19)20)13(16-8-10)15-7-9-1-3-11(18)4-2-9/h5,8-9,11,18H,1-4,7H2,(H,15,16). The fourth-order valence-corrected chi connectivity index (χ4v) is 2.38. The van der Waals surface area contributed by atoms with Crippen LogP contribution in [0, 0.1) is 27.4 Å². The van der Waals surface area contributed by atoms with Gasteiger partial charge in [0.05, 0.1) is 16.6 Å². The molecule has 2 rings (SSSR count). The molecule has 2 N–H and O–H groups in total. The third-order valence-electron chi connectivity index (χ3n) is 3.57. The maximum Gasteiger partial charge on any atom is 0.312 e. The summed E-state index contributed by atoms with van der Waals surface area (Å²) in [6.07, 6.45) is 4.45. The lowest BCUT2D eigenvalue weighted by Crippen LogP contribution is -2.24. The minimum atomic E-state index is -0.541. The van der Waals surface area contributed by atoms with E-state index >= 15 is 0 Å². The molecule has 106 valence electrons. The summed E-state index contributed by atoms with van der Waals surface area (Å²) in [7, 11) is 0. The maximum absolute atomic E-state index is 11.0. The highest BCUT2D eigenvalue weighted by Gasteiger charge is 2.21. The number of rotatable bonds is 4. The van der Waals surface area contributed by atoms with Crippen molar-refractivity contribution in [2.45, 2.75) is 31.8 Å². The number of hydrogen-bond donors (Lipinski definition) is 2. The number of nitriles is 1. The van der Waals surface area contributed by atoms with Crippen LogP contribution in [0.4, 0.5) is 11.5 Å². The summed E-state index contributed by atoms with van der Waals surface area (Å²) >= 11 is 0. The highest BCUT2D eigenvalue weighted by molar-refractivity contribution is 5.58. The third-order valence-corrected chi connectivity index (χ3v) is 3.57. The Hall–Kier alpha value is -2.20. The monoisotopic (exact) mass is 276 g/mol. The van der Waals surface area contributed by atoms with Crippen LogP contribution in [0.5, 0.6) is 0 Å². The highest BCUT2D eigenvalue weighted by atomic mass is 16.6. The van der Waals surface area contributed by atoms with Crippen molar-refractivity contribution in [1.29, 1.82) is 5.26 Å². The van der Waals surface area contributed by atoms with Crippen molar-refractivity contribution in [2.24, 2.45) is 5.92 Å². The molecule has 20 heavy (non-hydrogen) atoms. The van der Waals surface area contributed by atoms with Gasteiger partial charge in [0.15, 0.2) is 0 Å². The van der Waals surface area contributed by atoms with E-state index in [2.05, 4.69) is 10.3 Å². The molecule has 0 unspecified atom stereocenters. The second kappa shape index (κ2) is 6.30. The first-order valence-electron chi connectivity index (χ1n) is 6.56. The SMILES string of the molecule is N#Cc1cnc(NCC2CCC(O)CC2)c([N+](=O)[O-])c1. The molecular formula is C13H16N4O3. The van der Waals surface area contributed by atoms with Gasteiger partial charge in [0.1, 0.15) is 6.07 Å². The molecule has 1 aliphatic rings. The van der Waals surface area contributed by atoms with E-state index in [1.165, 1.54) is 12.3 Å². The van der Waals surface area contributed by atoms with E-state index in [0.29, 0.717) is 12.5 Å². The van der Waals surface area contributed by atoms with E-state index in [0.717, 1.165) is 25.7 Å². The van der Waals surface area contributed by atoms with Gasteiger partial charge in [-0.2, -0.15) is 5.26 Å². The molecule has 0 aliphatic heterocycles. The van der Waals surface area contributed by atoms with Crippen molar-refractivity contribution in [3.8, 4) is 6.07 Å². The Morgan fingerprint density at radius 1 is 1.50 bits per heavy atom. The molecule has 7 heteroatoms. The fraction of sp³-hybridized carbons (Fsp3) is 0.538. The van der Waals surface area contributed by atoms with Crippen molar-refractivity contribution in [3.63, 3.8) is 0 Å². The molecule has 0 atom stereocenters. The molecule has 0 saturated heterocycles. The Balaban J connectivity index is 2.02. The van der Waals surface area contributed by atoms with Crippen LogP contribution in [0.1, 0.15) is 31.2 Å². The first-order chi connectivity index (χ1) is 9.60. The van der Waals surface area contributed by atoms with Gasteiger partial charge in [0.25, 0.3) is 0 Å². The molecular weight excluding hydrogens is 260 g/mol. The van der Waals surface area contributed by atoms with Crippen LogP contribution in [0.15, 0.2) is 12.3 Å². The molecule has 0 radical (unpaired) electrons. The van der Waals surface area contributed by atoms with Crippen molar-refractivity contribution in [3.05, 3.63) is 27.9 Å². The molecule has 7 nitrogen and oxygen atoms in total. The predicted molar refractivity (Wildman–Crippen MR) is 72.1 cm³/mol.